The largest absolute Gasteiger partial charge is 0.371 e. The Morgan fingerprint density at radius 3 is 2.72 bits per heavy atom. The van der Waals surface area contributed by atoms with Crippen LogP contribution in [0.15, 0.2) is 30.3 Å². The van der Waals surface area contributed by atoms with Crippen molar-refractivity contribution in [2.24, 2.45) is 0 Å². The lowest BCUT2D eigenvalue weighted by Crippen LogP contribution is -2.59. The maximum absolute atomic E-state index is 5.93. The fourth-order valence-electron chi connectivity index (χ4n) is 3.35. The predicted octanol–water partition coefficient (Wildman–Crippen LogP) is 1.26. The molecule has 0 aromatic heterocycles. The van der Waals surface area contributed by atoms with Gasteiger partial charge < -0.3 is 15.4 Å². The second-order valence-electron chi connectivity index (χ2n) is 6.02. The molecule has 3 fully saturated rings. The van der Waals surface area contributed by atoms with Crippen LogP contribution in [0, 0.1) is 0 Å². The molecule has 0 amide bonds. The van der Waals surface area contributed by atoms with E-state index in [0.717, 1.165) is 25.6 Å². The molecule has 1 saturated carbocycles. The zero-order valence-electron chi connectivity index (χ0n) is 10.6. The SMILES string of the molecule is c1ccc([C@@H]2C[C@H]2NC2COC3(CNC3)C2)cc1. The van der Waals surface area contributed by atoms with Crippen molar-refractivity contribution in [1.29, 1.82) is 0 Å². The Morgan fingerprint density at radius 1 is 1.22 bits per heavy atom. The zero-order chi connectivity index (χ0) is 12.0. The van der Waals surface area contributed by atoms with E-state index in [9.17, 15) is 0 Å². The molecule has 1 spiro atoms. The van der Waals surface area contributed by atoms with Crippen LogP contribution >= 0.6 is 0 Å². The molecule has 96 valence electrons. The lowest BCUT2D eigenvalue weighted by molar-refractivity contribution is -0.0360. The molecule has 3 atom stereocenters. The highest BCUT2D eigenvalue weighted by Crippen LogP contribution is 2.42. The molecule has 2 heterocycles. The molecule has 1 aromatic rings. The van der Waals surface area contributed by atoms with Crippen molar-refractivity contribution in [3.05, 3.63) is 35.9 Å². The van der Waals surface area contributed by atoms with Crippen LogP contribution < -0.4 is 10.6 Å². The molecule has 1 aliphatic carbocycles. The van der Waals surface area contributed by atoms with Crippen LogP contribution in [0.4, 0.5) is 0 Å². The fourth-order valence-corrected chi connectivity index (χ4v) is 3.35. The van der Waals surface area contributed by atoms with E-state index in [1.807, 2.05) is 0 Å². The third-order valence-corrected chi connectivity index (χ3v) is 4.57. The number of nitrogens with one attached hydrogen (secondary N) is 2. The Morgan fingerprint density at radius 2 is 2.06 bits per heavy atom. The quantitative estimate of drug-likeness (QED) is 0.840. The van der Waals surface area contributed by atoms with Gasteiger partial charge in [0.05, 0.1) is 12.2 Å². The van der Waals surface area contributed by atoms with Crippen LogP contribution in [0.25, 0.3) is 0 Å². The van der Waals surface area contributed by atoms with Gasteiger partial charge in [-0.1, -0.05) is 30.3 Å². The molecule has 2 aliphatic heterocycles. The lowest BCUT2D eigenvalue weighted by atomic mass is 9.92. The minimum Gasteiger partial charge on any atom is -0.371 e. The highest BCUT2D eigenvalue weighted by atomic mass is 16.5. The number of hydrogen-bond acceptors (Lipinski definition) is 3. The van der Waals surface area contributed by atoms with Gasteiger partial charge in [0.2, 0.25) is 0 Å². The average Bonchev–Trinajstić information content (AvgIpc) is 2.97. The zero-order valence-corrected chi connectivity index (χ0v) is 10.6. The van der Waals surface area contributed by atoms with Gasteiger partial charge in [-0.05, 0) is 18.4 Å². The van der Waals surface area contributed by atoms with E-state index < -0.39 is 0 Å². The van der Waals surface area contributed by atoms with Crippen LogP contribution in [0.1, 0.15) is 24.3 Å². The van der Waals surface area contributed by atoms with E-state index in [-0.39, 0.29) is 5.60 Å². The Labute approximate surface area is 108 Å². The highest BCUT2D eigenvalue weighted by Gasteiger charge is 2.47. The lowest BCUT2D eigenvalue weighted by Gasteiger charge is -2.38. The minimum atomic E-state index is 0.175. The third-order valence-electron chi connectivity index (χ3n) is 4.57. The first-order valence-electron chi connectivity index (χ1n) is 7.00. The number of hydrogen-bond donors (Lipinski definition) is 2. The maximum Gasteiger partial charge on any atom is 0.0946 e. The number of benzene rings is 1. The molecule has 18 heavy (non-hydrogen) atoms. The molecule has 3 nitrogen and oxygen atoms in total. The maximum atomic E-state index is 5.93. The standard InChI is InChI=1S/C15H20N2O/c1-2-4-11(5-3-1)13-6-14(13)17-12-7-15(18-8-12)9-16-10-15/h1-5,12-14,16-17H,6-10H2/t12?,13-,14+/m0/s1. The van der Waals surface area contributed by atoms with Crippen LogP contribution in [0.5, 0.6) is 0 Å². The van der Waals surface area contributed by atoms with Crippen molar-refractivity contribution in [3.8, 4) is 0 Å². The number of rotatable bonds is 3. The van der Waals surface area contributed by atoms with Crippen molar-refractivity contribution in [1.82, 2.24) is 10.6 Å². The summed E-state index contributed by atoms with van der Waals surface area (Å²) in [6.07, 6.45) is 2.46. The van der Waals surface area contributed by atoms with Gasteiger partial charge in [0, 0.05) is 31.1 Å². The first-order valence-corrected chi connectivity index (χ1v) is 7.00. The van der Waals surface area contributed by atoms with Gasteiger partial charge in [0.15, 0.2) is 0 Å². The summed E-state index contributed by atoms with van der Waals surface area (Å²) in [6, 6.07) is 12.1. The van der Waals surface area contributed by atoms with E-state index in [1.165, 1.54) is 18.4 Å². The number of ether oxygens (including phenoxy) is 1. The summed E-state index contributed by atoms with van der Waals surface area (Å²) in [7, 11) is 0. The van der Waals surface area contributed by atoms with Crippen LogP contribution in [-0.2, 0) is 4.74 Å². The molecular formula is C15H20N2O. The summed E-state index contributed by atoms with van der Waals surface area (Å²) >= 11 is 0. The molecule has 0 bridgehead atoms. The second kappa shape index (κ2) is 4.05. The molecule has 4 rings (SSSR count). The van der Waals surface area contributed by atoms with E-state index in [0.29, 0.717) is 12.1 Å². The monoisotopic (exact) mass is 244 g/mol. The van der Waals surface area contributed by atoms with Crippen molar-refractivity contribution in [2.75, 3.05) is 19.7 Å². The van der Waals surface area contributed by atoms with E-state index in [1.54, 1.807) is 0 Å². The van der Waals surface area contributed by atoms with Gasteiger partial charge in [0.25, 0.3) is 0 Å². The summed E-state index contributed by atoms with van der Waals surface area (Å²) < 4.78 is 5.93. The van der Waals surface area contributed by atoms with E-state index in [4.69, 9.17) is 4.74 Å². The fraction of sp³-hybridized carbons (Fsp3) is 0.600. The van der Waals surface area contributed by atoms with Gasteiger partial charge in [-0.25, -0.2) is 0 Å². The summed E-state index contributed by atoms with van der Waals surface area (Å²) in [5, 5.41) is 7.09. The molecule has 0 radical (unpaired) electrons. The first-order chi connectivity index (χ1) is 8.85. The molecule has 2 N–H and O–H groups in total. The Hall–Kier alpha value is -0.900. The molecule has 3 heteroatoms. The molecule has 2 saturated heterocycles. The van der Waals surface area contributed by atoms with Gasteiger partial charge in [-0.2, -0.15) is 0 Å². The average molecular weight is 244 g/mol. The van der Waals surface area contributed by atoms with Gasteiger partial charge >= 0.3 is 0 Å². The Bertz CT molecular complexity index is 429. The minimum absolute atomic E-state index is 0.175. The van der Waals surface area contributed by atoms with Crippen LogP contribution in [0.2, 0.25) is 0 Å². The van der Waals surface area contributed by atoms with Crippen molar-refractivity contribution in [2.45, 2.75) is 36.4 Å². The summed E-state index contributed by atoms with van der Waals surface area (Å²) in [5.74, 6) is 0.724. The molecular weight excluding hydrogens is 224 g/mol. The summed E-state index contributed by atoms with van der Waals surface area (Å²) in [6.45, 7) is 2.97. The first kappa shape index (κ1) is 11.0. The molecule has 3 aliphatic rings. The van der Waals surface area contributed by atoms with Gasteiger partial charge in [-0.15, -0.1) is 0 Å². The smallest absolute Gasteiger partial charge is 0.0946 e. The third kappa shape index (κ3) is 1.87. The summed E-state index contributed by atoms with van der Waals surface area (Å²) in [4.78, 5) is 0. The van der Waals surface area contributed by atoms with Gasteiger partial charge in [-0.3, -0.25) is 0 Å². The predicted molar refractivity (Wildman–Crippen MR) is 70.7 cm³/mol. The topological polar surface area (TPSA) is 33.3 Å². The Kier molecular flexibility index (Phi) is 2.47. The van der Waals surface area contributed by atoms with Gasteiger partial charge in [0.1, 0.15) is 0 Å². The van der Waals surface area contributed by atoms with Crippen molar-refractivity contribution in [3.63, 3.8) is 0 Å². The van der Waals surface area contributed by atoms with Crippen LogP contribution in [0.3, 0.4) is 0 Å². The normalized spacial score (nSPS) is 36.6. The van der Waals surface area contributed by atoms with E-state index in [2.05, 4.69) is 41.0 Å². The van der Waals surface area contributed by atoms with Crippen molar-refractivity contribution < 1.29 is 4.74 Å². The molecule has 1 unspecified atom stereocenters. The summed E-state index contributed by atoms with van der Waals surface area (Å²) in [5.41, 5.74) is 1.66. The van der Waals surface area contributed by atoms with Crippen LogP contribution in [-0.4, -0.2) is 37.4 Å². The Balaban J connectivity index is 1.33. The highest BCUT2D eigenvalue weighted by molar-refractivity contribution is 5.28. The molecule has 1 aromatic carbocycles. The second-order valence-corrected chi connectivity index (χ2v) is 6.02. The van der Waals surface area contributed by atoms with E-state index >= 15 is 0 Å². The van der Waals surface area contributed by atoms with Crippen molar-refractivity contribution >= 4 is 0 Å².